The Morgan fingerprint density at radius 3 is 1.93 bits per heavy atom. The molecule has 1 rings (SSSR count). The molecule has 1 fully saturated rings. The van der Waals surface area contributed by atoms with Crippen molar-refractivity contribution in [3.63, 3.8) is 0 Å². The summed E-state index contributed by atoms with van der Waals surface area (Å²) in [6, 6.07) is 0. The highest BCUT2D eigenvalue weighted by atomic mass is 35.5. The van der Waals surface area contributed by atoms with Crippen LogP contribution in [0.1, 0.15) is 47.5 Å². The van der Waals surface area contributed by atoms with Crippen molar-refractivity contribution in [3.8, 4) is 0 Å². The van der Waals surface area contributed by atoms with Crippen molar-refractivity contribution in [1.82, 2.24) is 0 Å². The molecule has 1 atom stereocenters. The maximum absolute atomic E-state index is 6.19. The third-order valence-electron chi connectivity index (χ3n) is 3.13. The summed E-state index contributed by atoms with van der Waals surface area (Å²) in [5, 5.41) is -0.0407. The lowest BCUT2D eigenvalue weighted by Crippen LogP contribution is -2.41. The van der Waals surface area contributed by atoms with Crippen molar-refractivity contribution in [1.29, 1.82) is 0 Å². The van der Waals surface area contributed by atoms with E-state index < -0.39 is 0 Å². The van der Waals surface area contributed by atoms with Crippen molar-refractivity contribution in [2.24, 2.45) is 0 Å². The minimum absolute atomic E-state index is 0.0407. The molecule has 0 N–H and O–H groups in total. The van der Waals surface area contributed by atoms with Crippen LogP contribution in [0.3, 0.4) is 0 Å². The van der Waals surface area contributed by atoms with Gasteiger partial charge in [0.1, 0.15) is 0 Å². The highest BCUT2D eigenvalue weighted by Gasteiger charge is 2.53. The molecule has 0 saturated carbocycles. The summed E-state index contributed by atoms with van der Waals surface area (Å²) >= 11 is 6.19. The van der Waals surface area contributed by atoms with Crippen LogP contribution in [0, 0.1) is 0 Å². The van der Waals surface area contributed by atoms with Gasteiger partial charge in [0.25, 0.3) is 0 Å². The van der Waals surface area contributed by atoms with E-state index >= 15 is 0 Å². The normalized spacial score (nSPS) is 26.6. The number of rotatable bonds is 3. The Morgan fingerprint density at radius 1 is 1.14 bits per heavy atom. The van der Waals surface area contributed by atoms with E-state index in [1.54, 1.807) is 0 Å². The molecule has 1 saturated heterocycles. The topological polar surface area (TPSA) is 18.5 Å². The van der Waals surface area contributed by atoms with Gasteiger partial charge in [-0.15, -0.1) is 11.6 Å². The van der Waals surface area contributed by atoms with Crippen LogP contribution in [0.4, 0.5) is 0 Å². The Balaban J connectivity index is 2.63. The Kier molecular flexibility index (Phi) is 3.55. The Labute approximate surface area is 92.4 Å². The van der Waals surface area contributed by atoms with Crippen LogP contribution in [0.25, 0.3) is 0 Å². The molecule has 0 aliphatic carbocycles. The van der Waals surface area contributed by atoms with E-state index in [4.69, 9.17) is 20.9 Å². The molecule has 0 radical (unpaired) electrons. The average molecular weight is 219 g/mol. The molecular weight excluding hydrogens is 198 g/mol. The second-order valence-corrected chi connectivity index (χ2v) is 5.49. The Hall–Kier alpha value is 0.275. The first-order valence-corrected chi connectivity index (χ1v) is 5.73. The monoisotopic (exact) mass is 218 g/mol. The first-order chi connectivity index (χ1) is 6.30. The summed E-state index contributed by atoms with van der Waals surface area (Å²) in [4.78, 5) is 0. The summed E-state index contributed by atoms with van der Waals surface area (Å²) in [6.45, 7) is 10.3. The fraction of sp³-hybridized carbons (Fsp3) is 1.00. The van der Waals surface area contributed by atoms with Gasteiger partial charge in [-0.1, -0.05) is 13.3 Å². The highest BCUT2D eigenvalue weighted by molar-refractivity contribution is 6.59. The predicted molar refractivity (Wildman–Crippen MR) is 60.6 cm³/mol. The van der Waals surface area contributed by atoms with Gasteiger partial charge in [0.2, 0.25) is 0 Å². The second kappa shape index (κ2) is 4.03. The summed E-state index contributed by atoms with van der Waals surface area (Å²) in [5.41, 5.74) is -0.531. The summed E-state index contributed by atoms with van der Waals surface area (Å²) in [5.74, 6) is 0. The van der Waals surface area contributed by atoms with Gasteiger partial charge >= 0.3 is 7.12 Å². The molecule has 2 nitrogen and oxygen atoms in total. The zero-order valence-electron chi connectivity index (χ0n) is 9.76. The van der Waals surface area contributed by atoms with Crippen LogP contribution in [0.2, 0.25) is 0 Å². The fourth-order valence-corrected chi connectivity index (χ4v) is 1.77. The number of hydrogen-bond acceptors (Lipinski definition) is 2. The lowest BCUT2D eigenvalue weighted by atomic mass is 9.82. The van der Waals surface area contributed by atoms with Crippen molar-refractivity contribution in [3.05, 3.63) is 0 Å². The SMILES string of the molecule is CCC[C@H](Cl)B1OC(C)(C)C(C)(C)O1. The number of hydrogen-bond donors (Lipinski definition) is 0. The second-order valence-electron chi connectivity index (χ2n) is 4.93. The lowest BCUT2D eigenvalue weighted by molar-refractivity contribution is 0.00578. The quantitative estimate of drug-likeness (QED) is 0.535. The minimum Gasteiger partial charge on any atom is -0.402 e. The maximum Gasteiger partial charge on any atom is 0.476 e. The van der Waals surface area contributed by atoms with E-state index in [9.17, 15) is 0 Å². The molecule has 82 valence electrons. The molecule has 0 aromatic heterocycles. The van der Waals surface area contributed by atoms with E-state index in [1.165, 1.54) is 0 Å². The van der Waals surface area contributed by atoms with E-state index in [-0.39, 0.29) is 23.6 Å². The lowest BCUT2D eigenvalue weighted by Gasteiger charge is -2.32. The molecule has 1 aliphatic rings. The van der Waals surface area contributed by atoms with Crippen molar-refractivity contribution in [2.75, 3.05) is 0 Å². The minimum atomic E-state index is -0.265. The number of alkyl halides is 1. The fourth-order valence-electron chi connectivity index (χ4n) is 1.45. The van der Waals surface area contributed by atoms with Gasteiger partial charge in [0, 0.05) is 0 Å². The van der Waals surface area contributed by atoms with Crippen LogP contribution in [-0.2, 0) is 9.31 Å². The van der Waals surface area contributed by atoms with E-state index in [1.807, 2.05) is 27.7 Å². The van der Waals surface area contributed by atoms with E-state index in [2.05, 4.69) is 6.92 Å². The molecule has 0 spiro atoms. The van der Waals surface area contributed by atoms with Gasteiger partial charge in [0.05, 0.1) is 16.5 Å². The first-order valence-electron chi connectivity index (χ1n) is 5.30. The summed E-state index contributed by atoms with van der Waals surface area (Å²) in [6.07, 6.45) is 1.98. The smallest absolute Gasteiger partial charge is 0.402 e. The largest absolute Gasteiger partial charge is 0.476 e. The van der Waals surface area contributed by atoms with Crippen molar-refractivity contribution < 1.29 is 9.31 Å². The molecule has 4 heteroatoms. The third kappa shape index (κ3) is 2.26. The van der Waals surface area contributed by atoms with Crippen LogP contribution < -0.4 is 0 Å². The van der Waals surface area contributed by atoms with Gasteiger partial charge in [-0.3, -0.25) is 0 Å². The first kappa shape index (κ1) is 12.3. The molecule has 1 heterocycles. The van der Waals surface area contributed by atoms with Gasteiger partial charge < -0.3 is 9.31 Å². The third-order valence-corrected chi connectivity index (χ3v) is 3.56. The Bertz CT molecular complexity index is 190. The summed E-state index contributed by atoms with van der Waals surface area (Å²) in [7, 11) is -0.262. The van der Waals surface area contributed by atoms with Crippen LogP contribution >= 0.6 is 11.6 Å². The predicted octanol–water partition coefficient (Wildman–Crippen LogP) is 3.03. The molecule has 0 aromatic rings. The standard InChI is InChI=1S/C10H20BClO2/c1-6-7-8(12)11-13-9(2,3)10(4,5)14-11/h8H,6-7H2,1-5H3/t8-/m0/s1. The molecule has 0 amide bonds. The zero-order valence-corrected chi connectivity index (χ0v) is 10.5. The Morgan fingerprint density at radius 2 is 1.57 bits per heavy atom. The maximum atomic E-state index is 6.19. The summed E-state index contributed by atoms with van der Waals surface area (Å²) < 4.78 is 11.6. The average Bonchev–Trinajstić information content (AvgIpc) is 2.22. The van der Waals surface area contributed by atoms with Crippen LogP contribution in [0.15, 0.2) is 0 Å². The molecule has 0 bridgehead atoms. The molecule has 0 unspecified atom stereocenters. The highest BCUT2D eigenvalue weighted by Crippen LogP contribution is 2.38. The van der Waals surface area contributed by atoms with E-state index in [0.717, 1.165) is 12.8 Å². The van der Waals surface area contributed by atoms with E-state index in [0.29, 0.717) is 0 Å². The van der Waals surface area contributed by atoms with Gasteiger partial charge in [-0.05, 0) is 34.1 Å². The van der Waals surface area contributed by atoms with Gasteiger partial charge in [0.15, 0.2) is 0 Å². The molecule has 1 aliphatic heterocycles. The van der Waals surface area contributed by atoms with Crippen molar-refractivity contribution >= 4 is 18.7 Å². The molecular formula is C10H20BClO2. The van der Waals surface area contributed by atoms with Crippen LogP contribution in [-0.4, -0.2) is 23.6 Å². The van der Waals surface area contributed by atoms with Gasteiger partial charge in [-0.25, -0.2) is 0 Å². The molecule has 14 heavy (non-hydrogen) atoms. The van der Waals surface area contributed by atoms with Crippen molar-refractivity contribution in [2.45, 2.75) is 63.9 Å². The van der Waals surface area contributed by atoms with Crippen LogP contribution in [0.5, 0.6) is 0 Å². The number of halogens is 1. The molecule has 0 aromatic carbocycles. The zero-order chi connectivity index (χ0) is 11.0. The van der Waals surface area contributed by atoms with Gasteiger partial charge in [-0.2, -0.15) is 0 Å².